The molecule has 0 aliphatic rings. The molecule has 0 aromatic carbocycles. The molecule has 0 fully saturated rings. The van der Waals surface area contributed by atoms with Gasteiger partial charge in [-0.1, -0.05) is 27.7 Å². The summed E-state index contributed by atoms with van der Waals surface area (Å²) in [5, 5.41) is 6.78. The largest absolute Gasteiger partial charge is 0.319 e. The molecule has 3 heteroatoms. The summed E-state index contributed by atoms with van der Waals surface area (Å²) >= 11 is 1.81. The van der Waals surface area contributed by atoms with E-state index < -0.39 is 0 Å². The lowest BCUT2D eigenvalue weighted by Crippen LogP contribution is -2.21. The van der Waals surface area contributed by atoms with Crippen molar-refractivity contribution in [2.75, 3.05) is 13.6 Å². The summed E-state index contributed by atoms with van der Waals surface area (Å²) in [6.07, 6.45) is 1.11. The molecule has 1 heterocycles. The van der Waals surface area contributed by atoms with Crippen molar-refractivity contribution < 1.29 is 0 Å². The third-order valence-electron chi connectivity index (χ3n) is 2.76. The first-order valence-corrected chi connectivity index (χ1v) is 7.01. The van der Waals surface area contributed by atoms with E-state index in [2.05, 4.69) is 38.4 Å². The molecule has 0 radical (unpaired) electrons. The quantitative estimate of drug-likeness (QED) is 0.825. The number of hydrogen-bond donors (Lipinski definition) is 1. The van der Waals surface area contributed by atoms with E-state index in [0.29, 0.717) is 17.8 Å². The van der Waals surface area contributed by atoms with E-state index >= 15 is 0 Å². The van der Waals surface area contributed by atoms with Crippen molar-refractivity contribution in [3.8, 4) is 0 Å². The Morgan fingerprint density at radius 1 is 1.31 bits per heavy atom. The minimum Gasteiger partial charge on any atom is -0.319 e. The number of aromatic nitrogens is 1. The molecule has 0 amide bonds. The smallest absolute Gasteiger partial charge is 0.0930 e. The van der Waals surface area contributed by atoms with Crippen molar-refractivity contribution >= 4 is 11.3 Å². The summed E-state index contributed by atoms with van der Waals surface area (Å²) < 4.78 is 0. The molecule has 92 valence electrons. The Balaban J connectivity index is 2.73. The molecule has 16 heavy (non-hydrogen) atoms. The maximum Gasteiger partial charge on any atom is 0.0930 e. The number of rotatable bonds is 6. The minimum absolute atomic E-state index is 0.544. The predicted molar refractivity (Wildman–Crippen MR) is 72.2 cm³/mol. The Kier molecular flexibility index (Phi) is 5.42. The number of nitrogens with zero attached hydrogens (tertiary/aromatic N) is 1. The van der Waals surface area contributed by atoms with E-state index in [1.54, 1.807) is 0 Å². The lowest BCUT2D eigenvalue weighted by atomic mass is 9.93. The minimum atomic E-state index is 0.544. The first-order chi connectivity index (χ1) is 7.54. The molecular weight excluding hydrogens is 216 g/mol. The first kappa shape index (κ1) is 13.7. The van der Waals surface area contributed by atoms with Gasteiger partial charge in [-0.05, 0) is 18.9 Å². The topological polar surface area (TPSA) is 24.9 Å². The molecule has 1 aromatic heterocycles. The van der Waals surface area contributed by atoms with Gasteiger partial charge in [0.25, 0.3) is 0 Å². The Morgan fingerprint density at radius 3 is 2.50 bits per heavy atom. The monoisotopic (exact) mass is 240 g/mol. The second-order valence-corrected chi connectivity index (χ2v) is 6.11. The predicted octanol–water partition coefficient (Wildman–Crippen LogP) is 3.30. The molecule has 0 bridgehead atoms. The molecule has 1 unspecified atom stereocenters. The lowest BCUT2D eigenvalue weighted by molar-refractivity contribution is 0.469. The first-order valence-electron chi connectivity index (χ1n) is 6.13. The summed E-state index contributed by atoms with van der Waals surface area (Å²) in [5.41, 5.74) is 1.27. The van der Waals surface area contributed by atoms with Crippen molar-refractivity contribution in [1.29, 1.82) is 0 Å². The fourth-order valence-electron chi connectivity index (χ4n) is 1.84. The Labute approximate surface area is 103 Å². The summed E-state index contributed by atoms with van der Waals surface area (Å²) in [6, 6.07) is 0. The zero-order valence-electron chi connectivity index (χ0n) is 11.1. The van der Waals surface area contributed by atoms with E-state index in [4.69, 9.17) is 4.98 Å². The van der Waals surface area contributed by atoms with Crippen molar-refractivity contribution in [2.45, 2.75) is 40.0 Å². The zero-order chi connectivity index (χ0) is 12.1. The van der Waals surface area contributed by atoms with Crippen LogP contribution in [0.4, 0.5) is 0 Å². The van der Waals surface area contributed by atoms with Gasteiger partial charge in [-0.3, -0.25) is 0 Å². The van der Waals surface area contributed by atoms with E-state index in [-0.39, 0.29) is 0 Å². The number of likely N-dealkylation sites (N-methyl/N-ethyl adjacent to an activating group) is 1. The highest BCUT2D eigenvalue weighted by atomic mass is 32.1. The van der Waals surface area contributed by atoms with Crippen LogP contribution in [0.1, 0.15) is 44.3 Å². The Morgan fingerprint density at radius 2 is 2.00 bits per heavy atom. The van der Waals surface area contributed by atoms with Gasteiger partial charge < -0.3 is 5.32 Å². The van der Waals surface area contributed by atoms with Gasteiger partial charge in [-0.15, -0.1) is 11.3 Å². The van der Waals surface area contributed by atoms with Gasteiger partial charge in [0.2, 0.25) is 0 Å². The maximum atomic E-state index is 4.77. The van der Waals surface area contributed by atoms with Gasteiger partial charge in [0.05, 0.1) is 10.7 Å². The van der Waals surface area contributed by atoms with Crippen LogP contribution in [0.25, 0.3) is 0 Å². The van der Waals surface area contributed by atoms with Crippen LogP contribution in [0, 0.1) is 11.8 Å². The third-order valence-corrected chi connectivity index (χ3v) is 3.65. The standard InChI is InChI=1S/C13H24N2S/c1-9(2)6-13-15-12(8-16-13)11(7-14-5)10(3)4/h8-11,14H,6-7H2,1-5H3. The fourth-order valence-corrected chi connectivity index (χ4v) is 2.91. The average molecular weight is 240 g/mol. The van der Waals surface area contributed by atoms with E-state index in [1.165, 1.54) is 10.7 Å². The van der Waals surface area contributed by atoms with E-state index in [1.807, 2.05) is 18.4 Å². The van der Waals surface area contributed by atoms with Crippen LogP contribution in [0.3, 0.4) is 0 Å². The number of nitrogens with one attached hydrogen (secondary N) is 1. The SMILES string of the molecule is CNCC(c1csc(CC(C)C)n1)C(C)C. The lowest BCUT2D eigenvalue weighted by Gasteiger charge is -2.18. The van der Waals surface area contributed by atoms with Gasteiger partial charge in [-0.2, -0.15) is 0 Å². The van der Waals surface area contributed by atoms with Crippen LogP contribution < -0.4 is 5.32 Å². The molecular formula is C13H24N2S. The van der Waals surface area contributed by atoms with Crippen LogP contribution in [0.5, 0.6) is 0 Å². The van der Waals surface area contributed by atoms with Crippen molar-refractivity contribution in [1.82, 2.24) is 10.3 Å². The molecule has 2 nitrogen and oxygen atoms in total. The Bertz CT molecular complexity index is 305. The van der Waals surface area contributed by atoms with E-state index in [9.17, 15) is 0 Å². The van der Waals surface area contributed by atoms with Gasteiger partial charge in [0, 0.05) is 24.3 Å². The molecule has 1 rings (SSSR count). The fraction of sp³-hybridized carbons (Fsp3) is 0.769. The van der Waals surface area contributed by atoms with Crippen LogP contribution in [-0.4, -0.2) is 18.6 Å². The van der Waals surface area contributed by atoms with Crippen LogP contribution in [-0.2, 0) is 6.42 Å². The highest BCUT2D eigenvalue weighted by Crippen LogP contribution is 2.26. The normalized spacial score (nSPS) is 13.7. The highest BCUT2D eigenvalue weighted by molar-refractivity contribution is 7.09. The number of thiazole rings is 1. The van der Waals surface area contributed by atoms with Gasteiger partial charge in [-0.25, -0.2) is 4.98 Å². The Hall–Kier alpha value is -0.410. The number of hydrogen-bond acceptors (Lipinski definition) is 3. The van der Waals surface area contributed by atoms with E-state index in [0.717, 1.165) is 13.0 Å². The van der Waals surface area contributed by atoms with Crippen LogP contribution in [0.15, 0.2) is 5.38 Å². The molecule has 0 aliphatic heterocycles. The molecule has 1 atom stereocenters. The zero-order valence-corrected chi connectivity index (χ0v) is 11.9. The van der Waals surface area contributed by atoms with Crippen LogP contribution in [0.2, 0.25) is 0 Å². The summed E-state index contributed by atoms with van der Waals surface area (Å²) in [5.74, 6) is 1.88. The van der Waals surface area contributed by atoms with Crippen LogP contribution >= 0.6 is 11.3 Å². The summed E-state index contributed by atoms with van der Waals surface area (Å²) in [6.45, 7) is 10.0. The molecule has 0 spiro atoms. The second kappa shape index (κ2) is 6.36. The molecule has 0 saturated carbocycles. The second-order valence-electron chi connectivity index (χ2n) is 5.17. The van der Waals surface area contributed by atoms with Crippen molar-refractivity contribution in [2.24, 2.45) is 11.8 Å². The molecule has 0 saturated heterocycles. The molecule has 1 aromatic rings. The highest BCUT2D eigenvalue weighted by Gasteiger charge is 2.18. The maximum absolute atomic E-state index is 4.77. The van der Waals surface area contributed by atoms with Gasteiger partial charge >= 0.3 is 0 Å². The third kappa shape index (κ3) is 3.87. The van der Waals surface area contributed by atoms with Crippen molar-refractivity contribution in [3.63, 3.8) is 0 Å². The van der Waals surface area contributed by atoms with Gasteiger partial charge in [0.15, 0.2) is 0 Å². The molecule has 0 aliphatic carbocycles. The summed E-state index contributed by atoms with van der Waals surface area (Å²) in [4.78, 5) is 4.77. The summed E-state index contributed by atoms with van der Waals surface area (Å²) in [7, 11) is 2.01. The average Bonchev–Trinajstić information content (AvgIpc) is 2.60. The van der Waals surface area contributed by atoms with Gasteiger partial charge in [0.1, 0.15) is 0 Å². The van der Waals surface area contributed by atoms with Crippen molar-refractivity contribution in [3.05, 3.63) is 16.1 Å². The molecule has 1 N–H and O–H groups in total.